The normalized spacial score (nSPS) is 13.4. The second-order valence-electron chi connectivity index (χ2n) is 7.69. The number of ether oxygens (including phenoxy) is 1. The Hall–Kier alpha value is -2.24. The zero-order chi connectivity index (χ0) is 20.3. The van der Waals surface area contributed by atoms with E-state index < -0.39 is 0 Å². The van der Waals surface area contributed by atoms with E-state index in [-0.39, 0.29) is 18.4 Å². The number of anilines is 1. The average Bonchev–Trinajstić information content (AvgIpc) is 2.75. The van der Waals surface area contributed by atoms with Gasteiger partial charge < -0.3 is 20.3 Å². The summed E-state index contributed by atoms with van der Waals surface area (Å²) >= 11 is 0. The number of piperazine rings is 1. The van der Waals surface area contributed by atoms with Crippen molar-refractivity contribution in [3.63, 3.8) is 0 Å². The Morgan fingerprint density at radius 1 is 1.03 bits per heavy atom. The van der Waals surface area contributed by atoms with Gasteiger partial charge in [0, 0.05) is 31.9 Å². The molecular formula is C24H34ClN3O2. The Labute approximate surface area is 186 Å². The molecule has 0 atom stereocenters. The molecule has 164 valence electrons. The fourth-order valence-electron chi connectivity index (χ4n) is 3.51. The van der Waals surface area contributed by atoms with Gasteiger partial charge in [0.2, 0.25) is 0 Å². The van der Waals surface area contributed by atoms with E-state index in [4.69, 9.17) is 4.74 Å². The number of carbonyl (C=O) groups is 1. The van der Waals surface area contributed by atoms with E-state index in [0.29, 0.717) is 0 Å². The van der Waals surface area contributed by atoms with Crippen molar-refractivity contribution < 1.29 is 9.53 Å². The highest BCUT2D eigenvalue weighted by Gasteiger charge is 2.15. The molecule has 5 nitrogen and oxygen atoms in total. The number of carbonyl (C=O) groups excluding carboxylic acids is 1. The van der Waals surface area contributed by atoms with Crippen molar-refractivity contribution in [1.82, 2.24) is 10.2 Å². The molecule has 1 aliphatic heterocycles. The molecule has 0 bridgehead atoms. The Morgan fingerprint density at radius 3 is 2.50 bits per heavy atom. The van der Waals surface area contributed by atoms with E-state index in [9.17, 15) is 4.79 Å². The van der Waals surface area contributed by atoms with Crippen molar-refractivity contribution in [3.8, 4) is 5.75 Å². The number of rotatable bonds is 9. The summed E-state index contributed by atoms with van der Waals surface area (Å²) in [6.45, 7) is 6.12. The van der Waals surface area contributed by atoms with Crippen LogP contribution in [0, 0.1) is 6.92 Å². The van der Waals surface area contributed by atoms with Gasteiger partial charge >= 0.3 is 6.03 Å². The third kappa shape index (κ3) is 8.25. The van der Waals surface area contributed by atoms with E-state index in [1.807, 2.05) is 29.2 Å². The number of halogens is 1. The number of unbranched alkanes of at least 4 members (excludes halogenated alkanes) is 3. The molecule has 6 heteroatoms. The average molecular weight is 432 g/mol. The molecule has 3 rings (SSSR count). The second-order valence-corrected chi connectivity index (χ2v) is 7.69. The number of nitrogens with one attached hydrogen (secondary N) is 2. The molecule has 30 heavy (non-hydrogen) atoms. The highest BCUT2D eigenvalue weighted by Crippen LogP contribution is 2.15. The molecule has 0 saturated carbocycles. The number of nitrogens with zero attached hydrogens (tertiary/aromatic N) is 1. The maximum absolute atomic E-state index is 12.2. The molecule has 1 fully saturated rings. The maximum Gasteiger partial charge on any atom is 0.321 e. The Kier molecular flexibility index (Phi) is 10.5. The minimum atomic E-state index is -0.00728. The maximum atomic E-state index is 12.2. The molecule has 1 saturated heterocycles. The molecule has 2 aromatic carbocycles. The lowest BCUT2D eigenvalue weighted by atomic mass is 10.1. The predicted molar refractivity (Wildman–Crippen MR) is 126 cm³/mol. The summed E-state index contributed by atoms with van der Waals surface area (Å²) in [5.74, 6) is 0.967. The first-order valence-corrected chi connectivity index (χ1v) is 10.8. The third-order valence-electron chi connectivity index (χ3n) is 5.23. The summed E-state index contributed by atoms with van der Waals surface area (Å²) in [7, 11) is 0. The number of hydrogen-bond acceptors (Lipinski definition) is 3. The lowest BCUT2D eigenvalue weighted by molar-refractivity contribution is 0.204. The summed E-state index contributed by atoms with van der Waals surface area (Å²) in [4.78, 5) is 14.1. The van der Waals surface area contributed by atoms with Gasteiger partial charge in [-0.3, -0.25) is 0 Å². The van der Waals surface area contributed by atoms with Crippen LogP contribution in [0.1, 0.15) is 36.8 Å². The van der Waals surface area contributed by atoms with Gasteiger partial charge in [0.1, 0.15) is 5.75 Å². The van der Waals surface area contributed by atoms with Crippen LogP contribution in [0.3, 0.4) is 0 Å². The molecule has 1 heterocycles. The lowest BCUT2D eigenvalue weighted by Gasteiger charge is -2.27. The van der Waals surface area contributed by atoms with Gasteiger partial charge in [-0.15, -0.1) is 12.4 Å². The number of amides is 2. The first-order chi connectivity index (χ1) is 14.2. The number of urea groups is 1. The van der Waals surface area contributed by atoms with Crippen LogP contribution in [-0.2, 0) is 6.42 Å². The van der Waals surface area contributed by atoms with Crippen LogP contribution in [0.25, 0.3) is 0 Å². The summed E-state index contributed by atoms with van der Waals surface area (Å²) in [5, 5.41) is 6.25. The second kappa shape index (κ2) is 13.1. The molecule has 0 aromatic heterocycles. The number of aryl methyl sites for hydroxylation is 2. The van der Waals surface area contributed by atoms with Crippen molar-refractivity contribution in [1.29, 1.82) is 0 Å². The van der Waals surface area contributed by atoms with Crippen LogP contribution in [0.2, 0.25) is 0 Å². The molecule has 0 unspecified atom stereocenters. The zero-order valence-corrected chi connectivity index (χ0v) is 18.7. The Bertz CT molecular complexity index is 761. The third-order valence-corrected chi connectivity index (χ3v) is 5.23. The van der Waals surface area contributed by atoms with Crippen molar-refractivity contribution in [2.75, 3.05) is 38.1 Å². The fraction of sp³-hybridized carbons (Fsp3) is 0.458. The number of benzene rings is 2. The van der Waals surface area contributed by atoms with Gasteiger partial charge in [0.25, 0.3) is 0 Å². The van der Waals surface area contributed by atoms with E-state index in [1.165, 1.54) is 30.4 Å². The highest BCUT2D eigenvalue weighted by molar-refractivity contribution is 5.89. The SMILES string of the molecule is Cc1cccc(OCCCCCCc2ccc(NC(=O)N3CCNCC3)cc2)c1.Cl. The molecule has 2 aromatic rings. The van der Waals surface area contributed by atoms with Crippen LogP contribution in [0.5, 0.6) is 5.75 Å². The minimum Gasteiger partial charge on any atom is -0.494 e. The van der Waals surface area contributed by atoms with Crippen LogP contribution in [0.4, 0.5) is 10.5 Å². The molecule has 0 radical (unpaired) electrons. The van der Waals surface area contributed by atoms with Crippen molar-refractivity contribution in [2.24, 2.45) is 0 Å². The quantitative estimate of drug-likeness (QED) is 0.547. The van der Waals surface area contributed by atoms with Crippen LogP contribution >= 0.6 is 12.4 Å². The topological polar surface area (TPSA) is 53.6 Å². The first-order valence-electron chi connectivity index (χ1n) is 10.8. The molecule has 0 aliphatic carbocycles. The summed E-state index contributed by atoms with van der Waals surface area (Å²) in [6, 6.07) is 16.5. The molecular weight excluding hydrogens is 398 g/mol. The van der Waals surface area contributed by atoms with E-state index in [0.717, 1.165) is 57.1 Å². The van der Waals surface area contributed by atoms with Gasteiger partial charge in [-0.05, 0) is 61.6 Å². The van der Waals surface area contributed by atoms with E-state index in [2.05, 4.69) is 41.8 Å². The van der Waals surface area contributed by atoms with Crippen molar-refractivity contribution in [2.45, 2.75) is 39.0 Å². The van der Waals surface area contributed by atoms with Gasteiger partial charge in [-0.1, -0.05) is 37.1 Å². The van der Waals surface area contributed by atoms with Crippen molar-refractivity contribution >= 4 is 24.1 Å². The smallest absolute Gasteiger partial charge is 0.321 e. The molecule has 2 amide bonds. The zero-order valence-electron chi connectivity index (χ0n) is 17.9. The number of hydrogen-bond donors (Lipinski definition) is 2. The highest BCUT2D eigenvalue weighted by atomic mass is 35.5. The first kappa shape index (κ1) is 24.0. The lowest BCUT2D eigenvalue weighted by Crippen LogP contribution is -2.48. The molecule has 0 spiro atoms. The predicted octanol–water partition coefficient (Wildman–Crippen LogP) is 5.04. The molecule has 2 N–H and O–H groups in total. The largest absolute Gasteiger partial charge is 0.494 e. The van der Waals surface area contributed by atoms with Crippen LogP contribution < -0.4 is 15.4 Å². The van der Waals surface area contributed by atoms with Gasteiger partial charge in [-0.25, -0.2) is 4.79 Å². The molecule has 1 aliphatic rings. The summed E-state index contributed by atoms with van der Waals surface area (Å²) in [5.41, 5.74) is 3.42. The fourth-order valence-corrected chi connectivity index (χ4v) is 3.51. The monoisotopic (exact) mass is 431 g/mol. The Balaban J connectivity index is 0.00000320. The van der Waals surface area contributed by atoms with Gasteiger partial charge in [-0.2, -0.15) is 0 Å². The summed E-state index contributed by atoms with van der Waals surface area (Å²) in [6.07, 6.45) is 5.73. The van der Waals surface area contributed by atoms with Crippen LogP contribution in [0.15, 0.2) is 48.5 Å². The minimum absolute atomic E-state index is 0. The van der Waals surface area contributed by atoms with Crippen LogP contribution in [-0.4, -0.2) is 43.7 Å². The van der Waals surface area contributed by atoms with E-state index >= 15 is 0 Å². The Morgan fingerprint density at radius 2 is 1.77 bits per heavy atom. The van der Waals surface area contributed by atoms with E-state index in [1.54, 1.807) is 0 Å². The van der Waals surface area contributed by atoms with Gasteiger partial charge in [0.05, 0.1) is 6.61 Å². The standard InChI is InChI=1S/C24H33N3O2.ClH/c1-20-7-6-9-23(19-20)29-18-5-3-2-4-8-21-10-12-22(13-11-21)26-24(28)27-16-14-25-15-17-27;/h6-7,9-13,19,25H,2-5,8,14-18H2,1H3,(H,26,28);1H. The van der Waals surface area contributed by atoms with Gasteiger partial charge in [0.15, 0.2) is 0 Å². The summed E-state index contributed by atoms with van der Waals surface area (Å²) < 4.78 is 5.80. The van der Waals surface area contributed by atoms with Crippen molar-refractivity contribution in [3.05, 3.63) is 59.7 Å².